The first-order chi connectivity index (χ1) is 10.4. The molecule has 124 valence electrons. The van der Waals surface area contributed by atoms with Crippen LogP contribution in [0, 0.1) is 18.4 Å². The van der Waals surface area contributed by atoms with E-state index in [1.807, 2.05) is 26.5 Å². The van der Waals surface area contributed by atoms with Gasteiger partial charge >= 0.3 is 68.9 Å². The molecule has 1 aromatic carbocycles. The van der Waals surface area contributed by atoms with Gasteiger partial charge in [-0.05, 0) is 30.0 Å². The third-order valence-electron chi connectivity index (χ3n) is 3.21. The fourth-order valence-corrected chi connectivity index (χ4v) is 4.29. The van der Waals surface area contributed by atoms with E-state index < -0.39 is 10.1 Å². The van der Waals surface area contributed by atoms with Gasteiger partial charge in [-0.3, -0.25) is 4.18 Å². The van der Waals surface area contributed by atoms with E-state index in [9.17, 15) is 8.42 Å². The van der Waals surface area contributed by atoms with Crippen LogP contribution in [0.25, 0.3) is 0 Å². The van der Waals surface area contributed by atoms with E-state index in [0.717, 1.165) is 17.7 Å². The van der Waals surface area contributed by atoms with E-state index in [-0.39, 0.29) is 91.8 Å². The molecule has 1 saturated heterocycles. The average Bonchev–Trinajstić information content (AvgIpc) is 2.89. The summed E-state index contributed by atoms with van der Waals surface area (Å²) in [5.41, 5.74) is 1.12. The Kier molecular flexibility index (Phi) is 10.4. The second-order valence-electron chi connectivity index (χ2n) is 6.01. The van der Waals surface area contributed by atoms with Crippen LogP contribution in [0.4, 0.5) is 0 Å². The number of hydrogen-bond acceptors (Lipinski definition) is 5. The van der Waals surface area contributed by atoms with E-state index in [1.54, 1.807) is 30.0 Å². The molecule has 0 amide bonds. The number of hydrogen-bond donors (Lipinski definition) is 0. The Labute approximate surface area is 203 Å². The maximum atomic E-state index is 12.1. The monoisotopic (exact) mass is 476 g/mol. The van der Waals surface area contributed by atoms with Crippen LogP contribution in [0.5, 0.6) is 0 Å². The van der Waals surface area contributed by atoms with Crippen LogP contribution < -0.4 is 68.9 Å². The van der Waals surface area contributed by atoms with Gasteiger partial charge in [0.1, 0.15) is 0 Å². The molecule has 4 nitrogen and oxygen atoms in total. The molecular formula is C16H23CsO4S2. The Bertz CT molecular complexity index is 589. The second-order valence-corrected chi connectivity index (χ2v) is 8.77. The van der Waals surface area contributed by atoms with E-state index in [1.165, 1.54) is 0 Å². The van der Waals surface area contributed by atoms with Crippen molar-refractivity contribution in [2.24, 2.45) is 11.8 Å². The second kappa shape index (κ2) is 10.6. The SMILES string of the molecule is CC(C)COS(=O)(=O)c1cccc(CSC2C[C@@H](C)[CH-]O2)c1.[Cs+]. The molecule has 0 aromatic heterocycles. The van der Waals surface area contributed by atoms with Gasteiger partial charge in [0.15, 0.2) is 0 Å². The van der Waals surface area contributed by atoms with Crippen molar-refractivity contribution >= 4 is 21.9 Å². The Morgan fingerprint density at radius 3 is 2.78 bits per heavy atom. The summed E-state index contributed by atoms with van der Waals surface area (Å²) in [6.45, 7) is 8.04. The van der Waals surface area contributed by atoms with Crippen molar-refractivity contribution in [1.29, 1.82) is 0 Å². The van der Waals surface area contributed by atoms with E-state index in [4.69, 9.17) is 8.92 Å². The van der Waals surface area contributed by atoms with Crippen molar-refractivity contribution in [3.8, 4) is 0 Å². The van der Waals surface area contributed by atoms with Crippen molar-refractivity contribution in [2.45, 2.75) is 43.3 Å². The van der Waals surface area contributed by atoms with Crippen LogP contribution in [0.1, 0.15) is 32.8 Å². The largest absolute Gasteiger partial charge is 1.00 e. The van der Waals surface area contributed by atoms with Gasteiger partial charge in [-0.2, -0.15) is 8.42 Å². The molecule has 1 heterocycles. The smallest absolute Gasteiger partial charge is 0.542 e. The topological polar surface area (TPSA) is 52.6 Å². The van der Waals surface area contributed by atoms with E-state index in [0.29, 0.717) is 5.92 Å². The van der Waals surface area contributed by atoms with Gasteiger partial charge < -0.3 is 4.74 Å². The maximum Gasteiger partial charge on any atom is 1.00 e. The zero-order valence-electron chi connectivity index (χ0n) is 14.2. The van der Waals surface area contributed by atoms with Crippen LogP contribution in [0.3, 0.4) is 0 Å². The fourth-order valence-electron chi connectivity index (χ4n) is 2.02. The normalized spacial score (nSPS) is 21.4. The van der Waals surface area contributed by atoms with E-state index >= 15 is 0 Å². The molecule has 2 atom stereocenters. The van der Waals surface area contributed by atoms with Crippen LogP contribution in [-0.4, -0.2) is 20.5 Å². The van der Waals surface area contributed by atoms with Crippen LogP contribution in [0.15, 0.2) is 29.2 Å². The first-order valence-electron chi connectivity index (χ1n) is 7.45. The fraction of sp³-hybridized carbons (Fsp3) is 0.562. The van der Waals surface area contributed by atoms with Crippen molar-refractivity contribution in [2.75, 3.05) is 6.61 Å². The van der Waals surface area contributed by atoms with E-state index in [2.05, 4.69) is 6.92 Å². The molecule has 0 bridgehead atoms. The van der Waals surface area contributed by atoms with Gasteiger partial charge in [-0.25, -0.2) is 6.61 Å². The minimum atomic E-state index is -3.67. The first-order valence-corrected chi connectivity index (χ1v) is 9.91. The molecule has 1 unspecified atom stereocenters. The Balaban J connectivity index is 0.00000264. The van der Waals surface area contributed by atoms with Crippen molar-refractivity contribution in [3.05, 3.63) is 36.4 Å². The number of ether oxygens (including phenoxy) is 1. The van der Waals surface area contributed by atoms with Gasteiger partial charge in [0.2, 0.25) is 0 Å². The van der Waals surface area contributed by atoms with Gasteiger partial charge in [0.25, 0.3) is 10.1 Å². The zero-order chi connectivity index (χ0) is 16.2. The molecular weight excluding hydrogens is 453 g/mol. The van der Waals surface area contributed by atoms with Crippen LogP contribution in [-0.2, 0) is 24.8 Å². The van der Waals surface area contributed by atoms with Crippen LogP contribution >= 0.6 is 11.8 Å². The Morgan fingerprint density at radius 2 is 2.17 bits per heavy atom. The van der Waals surface area contributed by atoms with Gasteiger partial charge in [0, 0.05) is 5.75 Å². The summed E-state index contributed by atoms with van der Waals surface area (Å²) < 4.78 is 34.9. The van der Waals surface area contributed by atoms with Crippen LogP contribution in [0.2, 0.25) is 0 Å². The van der Waals surface area contributed by atoms with Gasteiger partial charge in [-0.15, -0.1) is 17.7 Å². The Morgan fingerprint density at radius 1 is 1.43 bits per heavy atom. The minimum absolute atomic E-state index is 0. The molecule has 2 rings (SSSR count). The summed E-state index contributed by atoms with van der Waals surface area (Å²) in [6, 6.07) is 6.94. The summed E-state index contributed by atoms with van der Waals surface area (Å²) >= 11 is 1.69. The molecule has 23 heavy (non-hydrogen) atoms. The van der Waals surface area contributed by atoms with Crippen molar-refractivity contribution in [3.63, 3.8) is 0 Å². The molecule has 1 aliphatic rings. The quantitative estimate of drug-likeness (QED) is 0.431. The third kappa shape index (κ3) is 7.72. The number of benzene rings is 1. The molecule has 0 spiro atoms. The summed E-state index contributed by atoms with van der Waals surface area (Å²) in [7, 11) is -3.67. The number of rotatable bonds is 7. The molecule has 7 heteroatoms. The van der Waals surface area contributed by atoms with Crippen molar-refractivity contribution in [1.82, 2.24) is 0 Å². The Hall–Kier alpha value is 1.49. The predicted octanol–water partition coefficient (Wildman–Crippen LogP) is 0.829. The minimum Gasteiger partial charge on any atom is -0.542 e. The molecule has 0 aliphatic carbocycles. The summed E-state index contributed by atoms with van der Waals surface area (Å²) in [6.07, 6.45) is 1.00. The van der Waals surface area contributed by atoms with Gasteiger partial charge in [-0.1, -0.05) is 32.9 Å². The zero-order valence-corrected chi connectivity index (χ0v) is 22.1. The first kappa shape index (κ1) is 22.5. The predicted molar refractivity (Wildman–Crippen MR) is 88.7 cm³/mol. The van der Waals surface area contributed by atoms with Gasteiger partial charge in [0.05, 0.1) is 16.9 Å². The summed E-state index contributed by atoms with van der Waals surface area (Å²) in [5.74, 6) is 1.37. The molecule has 0 N–H and O–H groups in total. The molecule has 0 radical (unpaired) electrons. The third-order valence-corrected chi connectivity index (χ3v) is 5.66. The molecule has 0 saturated carbocycles. The summed E-state index contributed by atoms with van der Waals surface area (Å²) in [4.78, 5) is 0.221. The summed E-state index contributed by atoms with van der Waals surface area (Å²) in [5, 5.41) is 0. The maximum absolute atomic E-state index is 12.1. The molecule has 1 aliphatic heterocycles. The average molecular weight is 476 g/mol. The standard InChI is InChI=1S/C16H23O4S2.Cs/c1-12(2)9-20-22(17,18)15-6-4-5-14(8-15)11-21-16-7-13(3)10-19-16;/h4-6,8,10,12-13,16H,7,9,11H2,1-3H3;/q-1;+1/t13-,16?;/m1./s1. The molecule has 1 fully saturated rings. The number of thioether (sulfide) groups is 1. The van der Waals surface area contributed by atoms with Crippen molar-refractivity contribution < 1.29 is 86.2 Å². The molecule has 1 aromatic rings.